The number of methoxy groups -OCH3 is 1. The first kappa shape index (κ1) is 17.2. The predicted molar refractivity (Wildman–Crippen MR) is 91.8 cm³/mol. The van der Waals surface area contributed by atoms with E-state index in [0.29, 0.717) is 28.2 Å². The Morgan fingerprint density at radius 3 is 2.54 bits per heavy atom. The third-order valence-electron chi connectivity index (χ3n) is 3.65. The number of carbonyl (C=O) groups excluding carboxylic acids is 3. The summed E-state index contributed by atoms with van der Waals surface area (Å²) < 4.78 is 15.4. The highest BCUT2D eigenvalue weighted by Gasteiger charge is 2.27. The molecule has 1 aliphatic rings. The van der Waals surface area contributed by atoms with Crippen LogP contribution in [0.15, 0.2) is 48.2 Å². The molecule has 26 heavy (non-hydrogen) atoms. The summed E-state index contributed by atoms with van der Waals surface area (Å²) in [6.45, 7) is -0.262. The Morgan fingerprint density at radius 1 is 1.15 bits per heavy atom. The molecule has 1 aliphatic heterocycles. The summed E-state index contributed by atoms with van der Waals surface area (Å²) in [5, 5.41) is 0. The quantitative estimate of drug-likeness (QED) is 0.651. The van der Waals surface area contributed by atoms with E-state index in [1.807, 2.05) is 0 Å². The van der Waals surface area contributed by atoms with Gasteiger partial charge in [-0.15, -0.1) is 0 Å². The zero-order valence-corrected chi connectivity index (χ0v) is 13.9. The number of hydrogen-bond acceptors (Lipinski definition) is 6. The number of rotatable bonds is 5. The van der Waals surface area contributed by atoms with Crippen LogP contribution in [0.5, 0.6) is 11.5 Å². The third-order valence-corrected chi connectivity index (χ3v) is 3.65. The second-order valence-corrected chi connectivity index (χ2v) is 5.47. The minimum absolute atomic E-state index is 0.151. The number of amides is 1. The highest BCUT2D eigenvalue weighted by atomic mass is 16.5. The number of hydrogen-bond donors (Lipinski definition) is 1. The molecule has 0 aromatic heterocycles. The van der Waals surface area contributed by atoms with E-state index >= 15 is 0 Å². The molecule has 0 spiro atoms. The first-order valence-corrected chi connectivity index (χ1v) is 7.65. The highest BCUT2D eigenvalue weighted by Crippen LogP contribution is 2.34. The number of primary amides is 1. The lowest BCUT2D eigenvalue weighted by atomic mass is 10.1. The molecule has 2 N–H and O–H groups in total. The van der Waals surface area contributed by atoms with Crippen LogP contribution in [0.3, 0.4) is 0 Å². The third kappa shape index (κ3) is 3.56. The zero-order chi connectivity index (χ0) is 18.7. The van der Waals surface area contributed by atoms with Crippen molar-refractivity contribution in [2.75, 3.05) is 13.7 Å². The molecule has 2 aromatic carbocycles. The Morgan fingerprint density at radius 2 is 1.88 bits per heavy atom. The number of carbonyl (C=O) groups is 3. The molecule has 132 valence electrons. The number of allylic oxidation sites excluding steroid dienone is 1. The van der Waals surface area contributed by atoms with Gasteiger partial charge in [-0.1, -0.05) is 12.1 Å². The lowest BCUT2D eigenvalue weighted by molar-refractivity contribution is -0.119. The summed E-state index contributed by atoms with van der Waals surface area (Å²) in [5.41, 5.74) is 6.53. The maximum absolute atomic E-state index is 12.4. The first-order valence-electron chi connectivity index (χ1n) is 7.65. The molecule has 2 aromatic rings. The molecule has 0 saturated heterocycles. The maximum atomic E-state index is 12.4. The number of ketones is 1. The fourth-order valence-corrected chi connectivity index (χ4v) is 2.40. The van der Waals surface area contributed by atoms with Gasteiger partial charge in [0, 0.05) is 6.07 Å². The fourth-order valence-electron chi connectivity index (χ4n) is 2.40. The number of benzene rings is 2. The van der Waals surface area contributed by atoms with E-state index in [4.69, 9.17) is 15.2 Å². The average Bonchev–Trinajstić information content (AvgIpc) is 2.95. The molecule has 0 aliphatic carbocycles. The maximum Gasteiger partial charge on any atom is 0.337 e. The van der Waals surface area contributed by atoms with Crippen molar-refractivity contribution in [2.45, 2.75) is 0 Å². The molecule has 1 heterocycles. The van der Waals surface area contributed by atoms with Gasteiger partial charge < -0.3 is 19.9 Å². The average molecular weight is 353 g/mol. The Bertz CT molecular complexity index is 914. The van der Waals surface area contributed by atoms with Crippen LogP contribution in [0.2, 0.25) is 0 Å². The van der Waals surface area contributed by atoms with E-state index in [-0.39, 0.29) is 18.1 Å². The van der Waals surface area contributed by atoms with Crippen molar-refractivity contribution in [1.29, 1.82) is 0 Å². The number of ether oxygens (including phenoxy) is 3. The van der Waals surface area contributed by atoms with Crippen LogP contribution in [0.1, 0.15) is 26.3 Å². The molecule has 7 heteroatoms. The van der Waals surface area contributed by atoms with E-state index in [2.05, 4.69) is 4.74 Å². The molecule has 0 saturated carbocycles. The smallest absolute Gasteiger partial charge is 0.337 e. The number of Topliss-reactive ketones (excluding diaryl/α,β-unsaturated/α-hetero) is 1. The van der Waals surface area contributed by atoms with Crippen LogP contribution in [0.25, 0.3) is 6.08 Å². The SMILES string of the molecule is COC(=O)c1ccc(/C=C2\Oc3cc(OCC(N)=O)ccc3C2=O)cc1. The second kappa shape index (κ2) is 7.10. The monoisotopic (exact) mass is 353 g/mol. The van der Waals surface area contributed by atoms with Crippen LogP contribution in [0, 0.1) is 0 Å². The molecule has 0 atom stereocenters. The molecule has 7 nitrogen and oxygen atoms in total. The van der Waals surface area contributed by atoms with E-state index in [0.717, 1.165) is 0 Å². The van der Waals surface area contributed by atoms with Gasteiger partial charge in [-0.2, -0.15) is 0 Å². The van der Waals surface area contributed by atoms with Crippen LogP contribution >= 0.6 is 0 Å². The van der Waals surface area contributed by atoms with Gasteiger partial charge in [0.25, 0.3) is 5.91 Å². The van der Waals surface area contributed by atoms with Gasteiger partial charge in [-0.25, -0.2) is 4.79 Å². The number of esters is 1. The summed E-state index contributed by atoms with van der Waals surface area (Å²) in [4.78, 5) is 34.6. The van der Waals surface area contributed by atoms with Crippen molar-refractivity contribution in [1.82, 2.24) is 0 Å². The summed E-state index contributed by atoms with van der Waals surface area (Å²) in [6.07, 6.45) is 1.58. The minimum atomic E-state index is -0.599. The summed E-state index contributed by atoms with van der Waals surface area (Å²) >= 11 is 0. The van der Waals surface area contributed by atoms with E-state index in [1.54, 1.807) is 42.5 Å². The zero-order valence-electron chi connectivity index (χ0n) is 13.9. The van der Waals surface area contributed by atoms with Crippen LogP contribution in [-0.4, -0.2) is 31.4 Å². The van der Waals surface area contributed by atoms with Crippen LogP contribution in [0.4, 0.5) is 0 Å². The first-order chi connectivity index (χ1) is 12.5. The predicted octanol–water partition coefficient (Wildman–Crippen LogP) is 1.95. The highest BCUT2D eigenvalue weighted by molar-refractivity contribution is 6.14. The van der Waals surface area contributed by atoms with Gasteiger partial charge in [0.15, 0.2) is 12.4 Å². The molecule has 3 rings (SSSR count). The molecular weight excluding hydrogens is 338 g/mol. The van der Waals surface area contributed by atoms with E-state index in [9.17, 15) is 14.4 Å². The Hall–Kier alpha value is -3.61. The normalized spacial score (nSPS) is 13.9. The molecule has 0 fully saturated rings. The minimum Gasteiger partial charge on any atom is -0.484 e. The van der Waals surface area contributed by atoms with Gasteiger partial charge >= 0.3 is 5.97 Å². The Balaban J connectivity index is 1.79. The largest absolute Gasteiger partial charge is 0.484 e. The molecule has 0 unspecified atom stereocenters. The second-order valence-electron chi connectivity index (χ2n) is 5.47. The van der Waals surface area contributed by atoms with Gasteiger partial charge in [0.2, 0.25) is 5.78 Å². The standard InChI is InChI=1S/C19H15NO6/c1-24-19(23)12-4-2-11(3-5-12)8-16-18(22)14-7-6-13(9-15(14)26-16)25-10-17(20)21/h2-9H,10H2,1H3,(H2,20,21)/b16-8-. The fraction of sp³-hybridized carbons (Fsp3) is 0.105. The van der Waals surface area contributed by atoms with Crippen molar-refractivity contribution in [2.24, 2.45) is 5.73 Å². The van der Waals surface area contributed by atoms with Crippen molar-refractivity contribution in [3.8, 4) is 11.5 Å². The van der Waals surface area contributed by atoms with Gasteiger partial charge in [-0.05, 0) is 35.9 Å². The molecule has 0 radical (unpaired) electrons. The van der Waals surface area contributed by atoms with E-state index in [1.165, 1.54) is 13.2 Å². The van der Waals surface area contributed by atoms with Gasteiger partial charge in [0.1, 0.15) is 11.5 Å². The Kier molecular flexibility index (Phi) is 4.70. The summed E-state index contributed by atoms with van der Waals surface area (Å²) in [5.74, 6) is -0.434. The van der Waals surface area contributed by atoms with E-state index < -0.39 is 11.9 Å². The van der Waals surface area contributed by atoms with Gasteiger partial charge in [-0.3, -0.25) is 9.59 Å². The lowest BCUT2D eigenvalue weighted by Gasteiger charge is -2.04. The van der Waals surface area contributed by atoms with Crippen LogP contribution in [-0.2, 0) is 9.53 Å². The van der Waals surface area contributed by atoms with Crippen molar-refractivity contribution in [3.05, 3.63) is 64.9 Å². The lowest BCUT2D eigenvalue weighted by Crippen LogP contribution is -2.19. The summed E-state index contributed by atoms with van der Waals surface area (Å²) in [7, 11) is 1.31. The molecule has 0 bridgehead atoms. The number of fused-ring (bicyclic) bond motifs is 1. The topological polar surface area (TPSA) is 105 Å². The van der Waals surface area contributed by atoms with Crippen molar-refractivity contribution in [3.63, 3.8) is 0 Å². The number of nitrogens with two attached hydrogens (primary N) is 1. The van der Waals surface area contributed by atoms with Crippen LogP contribution < -0.4 is 15.2 Å². The van der Waals surface area contributed by atoms with Gasteiger partial charge in [0.05, 0.1) is 18.2 Å². The van der Waals surface area contributed by atoms with Crippen molar-refractivity contribution >= 4 is 23.7 Å². The van der Waals surface area contributed by atoms with Crippen molar-refractivity contribution < 1.29 is 28.6 Å². The molecular formula is C19H15NO6. The molecule has 1 amide bonds. The summed E-state index contributed by atoms with van der Waals surface area (Å²) in [6, 6.07) is 11.2. The Labute approximate surface area is 149 Å².